The molecule has 0 fully saturated rings. The van der Waals surface area contributed by atoms with E-state index in [2.05, 4.69) is 24.1 Å². The lowest BCUT2D eigenvalue weighted by molar-refractivity contribution is -0.122. The minimum absolute atomic E-state index is 0. The van der Waals surface area contributed by atoms with Gasteiger partial charge in [-0.1, -0.05) is 13.8 Å². The van der Waals surface area contributed by atoms with Gasteiger partial charge in [-0.25, -0.2) is 4.98 Å². The van der Waals surface area contributed by atoms with E-state index in [9.17, 15) is 4.79 Å². The zero-order valence-electron chi connectivity index (χ0n) is 11.5. The highest BCUT2D eigenvalue weighted by molar-refractivity contribution is 7.98. The third-order valence-corrected chi connectivity index (χ3v) is 4.06. The number of nitrogens with one attached hydrogen (secondary N) is 1. The van der Waals surface area contributed by atoms with Crippen molar-refractivity contribution in [1.29, 1.82) is 0 Å². The molecule has 3 N–H and O–H groups in total. The maximum atomic E-state index is 11.7. The molecule has 1 aromatic heterocycles. The van der Waals surface area contributed by atoms with E-state index in [4.69, 9.17) is 5.73 Å². The topological polar surface area (TPSA) is 68.0 Å². The van der Waals surface area contributed by atoms with Crippen LogP contribution in [-0.4, -0.2) is 28.9 Å². The molecule has 0 saturated carbocycles. The summed E-state index contributed by atoms with van der Waals surface area (Å²) in [6.45, 7) is 4.69. The van der Waals surface area contributed by atoms with Crippen LogP contribution >= 0.6 is 35.5 Å². The summed E-state index contributed by atoms with van der Waals surface area (Å²) >= 11 is 3.28. The highest BCUT2D eigenvalue weighted by Crippen LogP contribution is 2.17. The number of carbonyl (C=O) groups is 1. The van der Waals surface area contributed by atoms with Crippen LogP contribution in [0.4, 0.5) is 0 Å². The molecule has 0 bridgehead atoms. The van der Waals surface area contributed by atoms with Crippen molar-refractivity contribution in [3.05, 3.63) is 16.1 Å². The summed E-state index contributed by atoms with van der Waals surface area (Å²) in [5, 5.41) is 5.81. The first-order valence-electron chi connectivity index (χ1n) is 6.01. The van der Waals surface area contributed by atoms with Gasteiger partial charge in [0.2, 0.25) is 5.91 Å². The molecule has 1 atom stereocenters. The van der Waals surface area contributed by atoms with Gasteiger partial charge < -0.3 is 11.1 Å². The second kappa shape index (κ2) is 9.58. The predicted octanol–water partition coefficient (Wildman–Crippen LogP) is 2.38. The minimum atomic E-state index is -0.415. The fourth-order valence-electron chi connectivity index (χ4n) is 1.34. The van der Waals surface area contributed by atoms with E-state index in [-0.39, 0.29) is 18.3 Å². The van der Waals surface area contributed by atoms with Gasteiger partial charge in [-0.2, -0.15) is 11.8 Å². The Kier molecular flexibility index (Phi) is 9.43. The van der Waals surface area contributed by atoms with Crippen LogP contribution in [0, 0.1) is 0 Å². The summed E-state index contributed by atoms with van der Waals surface area (Å²) in [7, 11) is 0. The molecule has 0 radical (unpaired) electrons. The summed E-state index contributed by atoms with van der Waals surface area (Å²) < 4.78 is 0. The number of thiazole rings is 1. The number of thioether (sulfide) groups is 1. The molecule has 0 saturated heterocycles. The van der Waals surface area contributed by atoms with Crippen molar-refractivity contribution in [2.24, 2.45) is 5.73 Å². The quantitative estimate of drug-likeness (QED) is 0.808. The molecular formula is C12H22ClN3OS2. The Morgan fingerprint density at radius 3 is 2.79 bits per heavy atom. The first kappa shape index (κ1) is 18.7. The first-order chi connectivity index (χ1) is 8.54. The van der Waals surface area contributed by atoms with Crippen LogP contribution in [0.2, 0.25) is 0 Å². The van der Waals surface area contributed by atoms with Crippen LogP contribution in [0.3, 0.4) is 0 Å². The van der Waals surface area contributed by atoms with Crippen LogP contribution in [0.25, 0.3) is 0 Å². The largest absolute Gasteiger partial charge is 0.348 e. The number of rotatable bonds is 7. The van der Waals surface area contributed by atoms with E-state index in [0.29, 0.717) is 18.9 Å². The number of nitrogens with two attached hydrogens (primary N) is 1. The Labute approximate surface area is 129 Å². The van der Waals surface area contributed by atoms with Crippen LogP contribution in [0.15, 0.2) is 5.38 Å². The fraction of sp³-hybridized carbons (Fsp3) is 0.667. The molecule has 110 valence electrons. The number of amides is 1. The Hall–Kier alpha value is -0.300. The number of hydrogen-bond acceptors (Lipinski definition) is 5. The average molecular weight is 324 g/mol. The van der Waals surface area contributed by atoms with Crippen molar-refractivity contribution >= 4 is 41.4 Å². The zero-order chi connectivity index (χ0) is 13.5. The number of hydrogen-bond donors (Lipinski definition) is 2. The van der Waals surface area contributed by atoms with Gasteiger partial charge >= 0.3 is 0 Å². The van der Waals surface area contributed by atoms with Gasteiger partial charge in [0.15, 0.2) is 0 Å². The lowest BCUT2D eigenvalue weighted by atomic mass is 10.2. The molecule has 7 heteroatoms. The summed E-state index contributed by atoms with van der Waals surface area (Å²) in [5.41, 5.74) is 6.86. The van der Waals surface area contributed by atoms with E-state index >= 15 is 0 Å². The van der Waals surface area contributed by atoms with Gasteiger partial charge in [0, 0.05) is 5.38 Å². The van der Waals surface area contributed by atoms with Gasteiger partial charge in [0.05, 0.1) is 18.3 Å². The molecule has 1 amide bonds. The molecule has 0 aromatic carbocycles. The summed E-state index contributed by atoms with van der Waals surface area (Å²) in [5.74, 6) is 1.24. The monoisotopic (exact) mass is 323 g/mol. The summed E-state index contributed by atoms with van der Waals surface area (Å²) in [4.78, 5) is 16.2. The predicted molar refractivity (Wildman–Crippen MR) is 86.3 cm³/mol. The van der Waals surface area contributed by atoms with E-state index < -0.39 is 6.04 Å². The lowest BCUT2D eigenvalue weighted by Gasteiger charge is -2.10. The minimum Gasteiger partial charge on any atom is -0.348 e. The Bertz CT molecular complexity index is 385. The van der Waals surface area contributed by atoms with E-state index in [1.165, 1.54) is 0 Å². The average Bonchev–Trinajstić information content (AvgIpc) is 2.81. The number of nitrogens with zero attached hydrogens (tertiary/aromatic N) is 1. The van der Waals surface area contributed by atoms with Gasteiger partial charge in [-0.3, -0.25) is 4.79 Å². The SMILES string of the molecule is CSCC[C@H](N)C(=O)NCc1nc(C(C)C)cs1.Cl. The highest BCUT2D eigenvalue weighted by Gasteiger charge is 2.13. The van der Waals surface area contributed by atoms with Crippen LogP contribution in [-0.2, 0) is 11.3 Å². The molecule has 1 heterocycles. The molecule has 0 spiro atoms. The normalized spacial score (nSPS) is 12.1. The first-order valence-corrected chi connectivity index (χ1v) is 8.28. The second-order valence-electron chi connectivity index (χ2n) is 4.43. The zero-order valence-corrected chi connectivity index (χ0v) is 14.0. The third kappa shape index (κ3) is 6.61. The van der Waals surface area contributed by atoms with Crippen molar-refractivity contribution in [3.63, 3.8) is 0 Å². The van der Waals surface area contributed by atoms with Gasteiger partial charge in [-0.05, 0) is 24.3 Å². The number of aromatic nitrogens is 1. The molecule has 0 unspecified atom stereocenters. The molecule has 4 nitrogen and oxygen atoms in total. The molecule has 19 heavy (non-hydrogen) atoms. The van der Waals surface area contributed by atoms with Crippen molar-refractivity contribution < 1.29 is 4.79 Å². The van der Waals surface area contributed by atoms with E-state index in [1.54, 1.807) is 23.1 Å². The number of carbonyl (C=O) groups excluding carboxylic acids is 1. The molecule has 0 aliphatic heterocycles. The van der Waals surface area contributed by atoms with Crippen LogP contribution < -0.4 is 11.1 Å². The Morgan fingerprint density at radius 1 is 1.58 bits per heavy atom. The van der Waals surface area contributed by atoms with E-state index in [1.807, 2.05) is 11.6 Å². The van der Waals surface area contributed by atoms with Crippen molar-refractivity contribution in [2.45, 2.75) is 38.8 Å². The van der Waals surface area contributed by atoms with Gasteiger partial charge in [-0.15, -0.1) is 23.7 Å². The van der Waals surface area contributed by atoms with Crippen molar-refractivity contribution in [2.75, 3.05) is 12.0 Å². The number of halogens is 1. The standard InChI is InChI=1S/C12H21N3OS2.ClH/c1-8(2)10-7-18-11(15-10)6-14-12(16)9(13)4-5-17-3;/h7-9H,4-6,13H2,1-3H3,(H,14,16);1H/t9-;/m0./s1. The third-order valence-electron chi connectivity index (χ3n) is 2.54. The van der Waals surface area contributed by atoms with Crippen LogP contribution in [0.1, 0.15) is 36.9 Å². The van der Waals surface area contributed by atoms with Gasteiger partial charge in [0.1, 0.15) is 5.01 Å². The van der Waals surface area contributed by atoms with Crippen LogP contribution in [0.5, 0.6) is 0 Å². The Balaban J connectivity index is 0.00000324. The molecule has 0 aliphatic carbocycles. The molecule has 0 aliphatic rings. The molecule has 1 aromatic rings. The maximum Gasteiger partial charge on any atom is 0.237 e. The fourth-order valence-corrected chi connectivity index (χ4v) is 2.73. The molecule has 1 rings (SSSR count). The van der Waals surface area contributed by atoms with Crippen molar-refractivity contribution in [1.82, 2.24) is 10.3 Å². The summed E-state index contributed by atoms with van der Waals surface area (Å²) in [6.07, 6.45) is 2.72. The lowest BCUT2D eigenvalue weighted by Crippen LogP contribution is -2.40. The smallest absolute Gasteiger partial charge is 0.237 e. The Morgan fingerprint density at radius 2 is 2.26 bits per heavy atom. The maximum absolute atomic E-state index is 11.7. The van der Waals surface area contributed by atoms with Gasteiger partial charge in [0.25, 0.3) is 0 Å². The van der Waals surface area contributed by atoms with E-state index in [0.717, 1.165) is 16.5 Å². The van der Waals surface area contributed by atoms with Crippen molar-refractivity contribution in [3.8, 4) is 0 Å². The molecular weight excluding hydrogens is 302 g/mol. The summed E-state index contributed by atoms with van der Waals surface area (Å²) in [6, 6.07) is -0.415. The second-order valence-corrected chi connectivity index (χ2v) is 6.35. The highest BCUT2D eigenvalue weighted by atomic mass is 35.5.